The molecule has 7 nitrogen and oxygen atoms in total. The summed E-state index contributed by atoms with van der Waals surface area (Å²) in [5, 5.41) is 14.9. The fraction of sp³-hybridized carbons (Fsp3) is 0.167. The lowest BCUT2D eigenvalue weighted by molar-refractivity contribution is -0.119. The topological polar surface area (TPSA) is 105 Å². The van der Waals surface area contributed by atoms with Crippen LogP contribution in [0.15, 0.2) is 42.5 Å². The van der Waals surface area contributed by atoms with E-state index < -0.39 is 18.5 Å². The zero-order chi connectivity index (χ0) is 18.4. The molecule has 0 fully saturated rings. The molecule has 0 unspecified atom stereocenters. The van der Waals surface area contributed by atoms with Crippen LogP contribution >= 0.6 is 0 Å². The van der Waals surface area contributed by atoms with Crippen molar-refractivity contribution in [2.75, 3.05) is 19.0 Å². The highest BCUT2D eigenvalue weighted by molar-refractivity contribution is 5.98. The maximum atomic E-state index is 11.9. The number of esters is 1. The van der Waals surface area contributed by atoms with Crippen molar-refractivity contribution in [3.63, 3.8) is 0 Å². The van der Waals surface area contributed by atoms with Gasteiger partial charge in [-0.15, -0.1) is 0 Å². The normalized spacial score (nSPS) is 10.0. The van der Waals surface area contributed by atoms with E-state index in [0.717, 1.165) is 0 Å². The van der Waals surface area contributed by atoms with Crippen molar-refractivity contribution in [1.29, 1.82) is 0 Å². The summed E-state index contributed by atoms with van der Waals surface area (Å²) in [6, 6.07) is 10.9. The van der Waals surface area contributed by atoms with Gasteiger partial charge in [0.05, 0.1) is 0 Å². The lowest BCUT2D eigenvalue weighted by Crippen LogP contribution is -2.21. The first-order valence-corrected chi connectivity index (χ1v) is 7.50. The Bertz CT molecular complexity index is 800. The van der Waals surface area contributed by atoms with E-state index in [1.807, 2.05) is 0 Å². The number of nitrogens with one attached hydrogen (secondary N) is 2. The molecule has 0 aromatic heterocycles. The largest absolute Gasteiger partial charge is 0.507 e. The van der Waals surface area contributed by atoms with Crippen LogP contribution in [-0.4, -0.2) is 36.5 Å². The van der Waals surface area contributed by atoms with Gasteiger partial charge in [0.1, 0.15) is 11.3 Å². The summed E-state index contributed by atoms with van der Waals surface area (Å²) < 4.78 is 4.90. The zero-order valence-electron chi connectivity index (χ0n) is 13.8. The van der Waals surface area contributed by atoms with Crippen LogP contribution in [0.5, 0.6) is 5.75 Å². The van der Waals surface area contributed by atoms with E-state index >= 15 is 0 Å². The zero-order valence-corrected chi connectivity index (χ0v) is 13.8. The highest BCUT2D eigenvalue weighted by Gasteiger charge is 2.15. The molecule has 0 radical (unpaired) electrons. The van der Waals surface area contributed by atoms with Gasteiger partial charge in [-0.1, -0.05) is 12.1 Å². The third-order valence-corrected chi connectivity index (χ3v) is 3.45. The Morgan fingerprint density at radius 2 is 1.76 bits per heavy atom. The van der Waals surface area contributed by atoms with E-state index in [0.29, 0.717) is 16.8 Å². The molecular weight excluding hydrogens is 324 g/mol. The second kappa shape index (κ2) is 7.96. The van der Waals surface area contributed by atoms with Gasteiger partial charge in [-0.25, -0.2) is 4.79 Å². The lowest BCUT2D eigenvalue weighted by atomic mass is 10.1. The van der Waals surface area contributed by atoms with Gasteiger partial charge < -0.3 is 20.5 Å². The summed E-state index contributed by atoms with van der Waals surface area (Å²) >= 11 is 0. The molecular formula is C18H18N2O5. The van der Waals surface area contributed by atoms with Crippen molar-refractivity contribution in [3.8, 4) is 5.75 Å². The molecule has 3 N–H and O–H groups in total. The number of phenolic OH excluding ortho intramolecular Hbond substituents is 1. The monoisotopic (exact) mass is 342 g/mol. The van der Waals surface area contributed by atoms with Crippen LogP contribution < -0.4 is 10.6 Å². The van der Waals surface area contributed by atoms with E-state index in [9.17, 15) is 19.5 Å². The summed E-state index contributed by atoms with van der Waals surface area (Å²) in [4.78, 5) is 35.2. The van der Waals surface area contributed by atoms with Crippen LogP contribution in [-0.2, 0) is 9.53 Å². The Hall–Kier alpha value is -3.35. The average Bonchev–Trinajstić information content (AvgIpc) is 2.62. The fourth-order valence-corrected chi connectivity index (χ4v) is 2.08. The molecule has 0 aliphatic heterocycles. The smallest absolute Gasteiger partial charge is 0.342 e. The molecule has 0 saturated heterocycles. The third kappa shape index (κ3) is 4.57. The Morgan fingerprint density at radius 1 is 1.08 bits per heavy atom. The van der Waals surface area contributed by atoms with Crippen molar-refractivity contribution in [2.45, 2.75) is 6.92 Å². The first kappa shape index (κ1) is 18.0. The first-order valence-electron chi connectivity index (χ1n) is 7.50. The molecule has 25 heavy (non-hydrogen) atoms. The maximum Gasteiger partial charge on any atom is 0.342 e. The number of phenols is 1. The van der Waals surface area contributed by atoms with Gasteiger partial charge in [-0.3, -0.25) is 9.59 Å². The summed E-state index contributed by atoms with van der Waals surface area (Å²) in [6.45, 7) is 1.16. The number of hydrogen-bond donors (Lipinski definition) is 3. The van der Waals surface area contributed by atoms with Gasteiger partial charge in [-0.2, -0.15) is 0 Å². The van der Waals surface area contributed by atoms with Crippen LogP contribution in [0.1, 0.15) is 26.3 Å². The summed E-state index contributed by atoms with van der Waals surface area (Å²) in [5.74, 6) is -1.72. The number of aryl methyl sites for hydroxylation is 1. The number of amides is 2. The SMILES string of the molecule is CNC(=O)c1ccc(NC(=O)COC(=O)c2cccc(C)c2O)cc1. The van der Waals surface area contributed by atoms with Crippen molar-refractivity contribution < 1.29 is 24.2 Å². The van der Waals surface area contributed by atoms with Crippen LogP contribution in [0, 0.1) is 6.92 Å². The van der Waals surface area contributed by atoms with Crippen LogP contribution in [0.4, 0.5) is 5.69 Å². The van der Waals surface area contributed by atoms with Crippen molar-refractivity contribution in [1.82, 2.24) is 5.32 Å². The summed E-state index contributed by atoms with van der Waals surface area (Å²) in [7, 11) is 1.53. The molecule has 0 heterocycles. The van der Waals surface area contributed by atoms with Crippen molar-refractivity contribution >= 4 is 23.5 Å². The standard InChI is InChI=1S/C18H18N2O5/c1-11-4-3-5-14(16(11)22)18(24)25-10-15(21)20-13-8-6-12(7-9-13)17(23)19-2/h3-9,22H,10H2,1-2H3,(H,19,23)(H,20,21). The van der Waals surface area contributed by atoms with Crippen LogP contribution in [0.25, 0.3) is 0 Å². The van der Waals surface area contributed by atoms with E-state index in [-0.39, 0.29) is 17.2 Å². The van der Waals surface area contributed by atoms with Crippen LogP contribution in [0.3, 0.4) is 0 Å². The minimum atomic E-state index is -0.786. The predicted octanol–water partition coefficient (Wildman–Crippen LogP) is 1.86. The first-order chi connectivity index (χ1) is 11.9. The number of carbonyl (C=O) groups excluding carboxylic acids is 3. The minimum absolute atomic E-state index is 0.00253. The molecule has 130 valence electrons. The second-order valence-electron chi connectivity index (χ2n) is 5.25. The van der Waals surface area contributed by atoms with Crippen molar-refractivity contribution in [3.05, 3.63) is 59.2 Å². The highest BCUT2D eigenvalue weighted by Crippen LogP contribution is 2.22. The number of para-hydroxylation sites is 1. The van der Waals surface area contributed by atoms with E-state index in [1.165, 1.54) is 13.1 Å². The minimum Gasteiger partial charge on any atom is -0.507 e. The Morgan fingerprint density at radius 3 is 2.40 bits per heavy atom. The highest BCUT2D eigenvalue weighted by atomic mass is 16.5. The molecule has 2 amide bonds. The fourth-order valence-electron chi connectivity index (χ4n) is 2.08. The van der Waals surface area contributed by atoms with Gasteiger partial charge in [0.2, 0.25) is 0 Å². The Labute approximate surface area is 144 Å². The molecule has 0 aliphatic carbocycles. The van der Waals surface area contributed by atoms with E-state index in [4.69, 9.17) is 4.74 Å². The van der Waals surface area contributed by atoms with Crippen LogP contribution in [0.2, 0.25) is 0 Å². The summed E-state index contributed by atoms with van der Waals surface area (Å²) in [6.07, 6.45) is 0. The van der Waals surface area contributed by atoms with Gasteiger partial charge >= 0.3 is 5.97 Å². The van der Waals surface area contributed by atoms with Gasteiger partial charge in [0, 0.05) is 18.3 Å². The molecule has 0 spiro atoms. The Balaban J connectivity index is 1.91. The van der Waals surface area contributed by atoms with Crippen molar-refractivity contribution in [2.24, 2.45) is 0 Å². The predicted molar refractivity (Wildman–Crippen MR) is 91.6 cm³/mol. The number of aromatic hydroxyl groups is 1. The number of anilines is 1. The Kier molecular flexibility index (Phi) is 5.73. The molecule has 0 saturated carbocycles. The van der Waals surface area contributed by atoms with E-state index in [2.05, 4.69) is 10.6 Å². The number of carbonyl (C=O) groups is 3. The molecule has 0 aliphatic rings. The molecule has 2 aromatic rings. The number of hydrogen-bond acceptors (Lipinski definition) is 5. The number of ether oxygens (including phenoxy) is 1. The molecule has 0 bridgehead atoms. The number of benzene rings is 2. The van der Waals surface area contributed by atoms with Gasteiger partial charge in [0.25, 0.3) is 11.8 Å². The molecule has 2 rings (SSSR count). The number of rotatable bonds is 5. The second-order valence-corrected chi connectivity index (χ2v) is 5.25. The quantitative estimate of drug-likeness (QED) is 0.719. The third-order valence-electron chi connectivity index (χ3n) is 3.45. The molecule has 0 atom stereocenters. The van der Waals surface area contributed by atoms with Gasteiger partial charge in [-0.05, 0) is 42.8 Å². The van der Waals surface area contributed by atoms with E-state index in [1.54, 1.807) is 43.3 Å². The molecule has 7 heteroatoms. The molecule has 2 aromatic carbocycles. The average molecular weight is 342 g/mol. The van der Waals surface area contributed by atoms with Gasteiger partial charge in [0.15, 0.2) is 6.61 Å². The lowest BCUT2D eigenvalue weighted by Gasteiger charge is -2.09. The summed E-state index contributed by atoms with van der Waals surface area (Å²) in [5.41, 5.74) is 1.46. The maximum absolute atomic E-state index is 11.9.